The largest absolute Gasteiger partial charge is 0.417 e. The highest BCUT2D eigenvalue weighted by atomic mass is 35.5. The summed E-state index contributed by atoms with van der Waals surface area (Å²) in [5.41, 5.74) is 0.288. The van der Waals surface area contributed by atoms with E-state index in [0.717, 1.165) is 12.1 Å². The minimum Gasteiger partial charge on any atom is -0.336 e. The molecule has 0 saturated heterocycles. The van der Waals surface area contributed by atoms with E-state index in [2.05, 4.69) is 15.5 Å². The number of anilines is 2. The molecule has 6 nitrogen and oxygen atoms in total. The van der Waals surface area contributed by atoms with Crippen LogP contribution in [0.2, 0.25) is 5.02 Å². The van der Waals surface area contributed by atoms with Gasteiger partial charge < -0.3 is 10.2 Å². The molecule has 0 saturated carbocycles. The van der Waals surface area contributed by atoms with E-state index < -0.39 is 22.7 Å². The van der Waals surface area contributed by atoms with Gasteiger partial charge in [0.15, 0.2) is 6.29 Å². The second-order valence-electron chi connectivity index (χ2n) is 6.83. The number of nitrogens with zero attached hydrogens (tertiary/aromatic N) is 2. The molecule has 0 aliphatic rings. The highest BCUT2D eigenvalue weighted by Gasteiger charge is 2.33. The molecule has 0 radical (unpaired) electrons. The van der Waals surface area contributed by atoms with E-state index in [1.807, 2.05) is 0 Å². The summed E-state index contributed by atoms with van der Waals surface area (Å²) >= 11 is 5.63. The number of alkyl halides is 3. The molecule has 0 fully saturated rings. The summed E-state index contributed by atoms with van der Waals surface area (Å²) in [6.07, 6.45) is 0.639. The van der Waals surface area contributed by atoms with Crippen molar-refractivity contribution in [3.8, 4) is 0 Å². The highest BCUT2D eigenvalue weighted by molar-refractivity contribution is 6.31. The van der Waals surface area contributed by atoms with Gasteiger partial charge in [0.2, 0.25) is 5.91 Å². The number of carbonyl (C=O) groups is 2. The van der Waals surface area contributed by atoms with Crippen LogP contribution in [0.4, 0.5) is 24.7 Å². The van der Waals surface area contributed by atoms with Crippen LogP contribution in [0.3, 0.4) is 0 Å². The van der Waals surface area contributed by atoms with E-state index in [9.17, 15) is 22.8 Å². The number of nitrogens with one attached hydrogen (secondary N) is 2. The van der Waals surface area contributed by atoms with Gasteiger partial charge >= 0.3 is 6.18 Å². The Morgan fingerprint density at radius 2 is 2.03 bits per heavy atom. The molecule has 1 amide bonds. The van der Waals surface area contributed by atoms with Crippen LogP contribution < -0.4 is 10.2 Å². The first kappa shape index (κ1) is 23.1. The Morgan fingerprint density at radius 3 is 2.69 bits per heavy atom. The number of benzene rings is 2. The predicted octanol–water partition coefficient (Wildman–Crippen LogP) is 5.18. The number of rotatable bonds is 7. The van der Waals surface area contributed by atoms with Crippen molar-refractivity contribution in [3.63, 3.8) is 0 Å². The average molecular weight is 463 g/mol. The molecule has 1 heterocycles. The van der Waals surface area contributed by atoms with Gasteiger partial charge in [-0.05, 0) is 29.8 Å². The zero-order valence-corrected chi connectivity index (χ0v) is 17.5. The number of aldehydes is 1. The van der Waals surface area contributed by atoms with E-state index in [-0.39, 0.29) is 12.0 Å². The third-order valence-electron chi connectivity index (χ3n) is 4.57. The van der Waals surface area contributed by atoms with Crippen LogP contribution in [-0.4, -0.2) is 29.4 Å². The Bertz CT molecular complexity index is 1140. The molecular formula is C22H18ClF3N4O2. The number of halogens is 4. The van der Waals surface area contributed by atoms with Gasteiger partial charge in [-0.15, -0.1) is 0 Å². The fourth-order valence-corrected chi connectivity index (χ4v) is 3.20. The van der Waals surface area contributed by atoms with Crippen molar-refractivity contribution in [2.45, 2.75) is 12.6 Å². The Kier molecular flexibility index (Phi) is 6.99. The van der Waals surface area contributed by atoms with E-state index >= 15 is 0 Å². The number of hydrogen-bond acceptors (Lipinski definition) is 4. The SMILES string of the molecule is CN(/C=C\c1c(C=O)cccc1NC(=O)Cc1ccc(Cl)c(C(F)(F)F)c1)c1ccn[nH]1. The number of hydrogen-bond donors (Lipinski definition) is 2. The normalized spacial score (nSPS) is 11.5. The summed E-state index contributed by atoms with van der Waals surface area (Å²) in [6.45, 7) is 0. The number of carbonyl (C=O) groups excluding carboxylic acids is 2. The van der Waals surface area contributed by atoms with E-state index in [1.54, 1.807) is 54.7 Å². The topological polar surface area (TPSA) is 78.1 Å². The van der Waals surface area contributed by atoms with Crippen molar-refractivity contribution in [1.82, 2.24) is 10.2 Å². The molecule has 2 aromatic carbocycles. The summed E-state index contributed by atoms with van der Waals surface area (Å²) < 4.78 is 39.2. The van der Waals surface area contributed by atoms with Gasteiger partial charge in [0, 0.05) is 36.1 Å². The summed E-state index contributed by atoms with van der Waals surface area (Å²) in [5.74, 6) is 0.165. The van der Waals surface area contributed by atoms with Gasteiger partial charge in [0.25, 0.3) is 0 Å². The minimum absolute atomic E-state index is 0.154. The van der Waals surface area contributed by atoms with Gasteiger partial charge in [0.05, 0.1) is 23.2 Å². The summed E-state index contributed by atoms with van der Waals surface area (Å²) in [4.78, 5) is 25.8. The van der Waals surface area contributed by atoms with E-state index in [1.165, 1.54) is 6.07 Å². The quantitative estimate of drug-likeness (QED) is 0.474. The third-order valence-corrected chi connectivity index (χ3v) is 4.90. The zero-order chi connectivity index (χ0) is 23.3. The summed E-state index contributed by atoms with van der Waals surface area (Å²) in [6, 6.07) is 9.86. The fraction of sp³-hybridized carbons (Fsp3) is 0.136. The van der Waals surface area contributed by atoms with Gasteiger partial charge in [-0.25, -0.2) is 0 Å². The molecular weight excluding hydrogens is 445 g/mol. The van der Waals surface area contributed by atoms with Crippen molar-refractivity contribution in [1.29, 1.82) is 0 Å². The van der Waals surface area contributed by atoms with Crippen LogP contribution in [0.5, 0.6) is 0 Å². The lowest BCUT2D eigenvalue weighted by atomic mass is 10.0. The van der Waals surface area contributed by atoms with Crippen LogP contribution >= 0.6 is 11.6 Å². The van der Waals surface area contributed by atoms with Gasteiger partial charge in [-0.2, -0.15) is 18.3 Å². The van der Waals surface area contributed by atoms with Crippen LogP contribution in [-0.2, 0) is 17.4 Å². The van der Waals surface area contributed by atoms with Crippen molar-refractivity contribution in [2.24, 2.45) is 0 Å². The fourth-order valence-electron chi connectivity index (χ4n) is 2.97. The lowest BCUT2D eigenvalue weighted by Gasteiger charge is -2.14. The van der Waals surface area contributed by atoms with Crippen LogP contribution in [0.25, 0.3) is 6.08 Å². The molecule has 3 aromatic rings. The lowest BCUT2D eigenvalue weighted by molar-refractivity contribution is -0.137. The molecule has 0 aliphatic heterocycles. The van der Waals surface area contributed by atoms with Gasteiger partial charge in [-0.1, -0.05) is 29.8 Å². The maximum Gasteiger partial charge on any atom is 0.417 e. The molecule has 1 aromatic heterocycles. The number of aromatic nitrogens is 2. The molecule has 32 heavy (non-hydrogen) atoms. The zero-order valence-electron chi connectivity index (χ0n) is 16.8. The highest BCUT2D eigenvalue weighted by Crippen LogP contribution is 2.35. The Morgan fingerprint density at radius 1 is 1.25 bits per heavy atom. The standard InChI is InChI=1S/C22H18ClF3N4O2/c1-30(20-7-9-27-29-20)10-8-16-15(13-31)3-2-4-19(16)28-21(32)12-14-5-6-18(23)17(11-14)22(24,25)26/h2-11,13H,12H2,1H3,(H,27,29)(H,28,32)/b10-8-. The summed E-state index contributed by atoms with van der Waals surface area (Å²) in [7, 11) is 1.77. The van der Waals surface area contributed by atoms with Crippen LogP contribution in [0.1, 0.15) is 27.0 Å². The van der Waals surface area contributed by atoms with Crippen molar-refractivity contribution in [2.75, 3.05) is 17.3 Å². The Hall–Kier alpha value is -3.59. The predicted molar refractivity (Wildman–Crippen MR) is 117 cm³/mol. The minimum atomic E-state index is -4.62. The first-order valence-corrected chi connectivity index (χ1v) is 9.71. The smallest absolute Gasteiger partial charge is 0.336 e. The molecule has 0 bridgehead atoms. The van der Waals surface area contributed by atoms with E-state index in [4.69, 9.17) is 11.6 Å². The number of H-pyrrole nitrogens is 1. The van der Waals surface area contributed by atoms with Gasteiger partial charge in [0.1, 0.15) is 5.82 Å². The molecule has 0 aliphatic carbocycles. The monoisotopic (exact) mass is 462 g/mol. The molecule has 166 valence electrons. The van der Waals surface area contributed by atoms with Crippen molar-refractivity contribution >= 4 is 41.4 Å². The molecule has 10 heteroatoms. The molecule has 0 spiro atoms. The second kappa shape index (κ2) is 9.69. The summed E-state index contributed by atoms with van der Waals surface area (Å²) in [5, 5.41) is 8.88. The Labute approximate surface area is 186 Å². The van der Waals surface area contributed by atoms with Gasteiger partial charge in [-0.3, -0.25) is 14.7 Å². The van der Waals surface area contributed by atoms with Crippen LogP contribution in [0.15, 0.2) is 54.9 Å². The van der Waals surface area contributed by atoms with Crippen LogP contribution in [0, 0.1) is 0 Å². The molecule has 0 unspecified atom stereocenters. The molecule has 2 N–H and O–H groups in total. The third kappa shape index (κ3) is 5.55. The first-order valence-electron chi connectivity index (χ1n) is 9.33. The first-order chi connectivity index (χ1) is 15.2. The van der Waals surface area contributed by atoms with E-state index in [0.29, 0.717) is 28.9 Å². The average Bonchev–Trinajstić information content (AvgIpc) is 3.28. The lowest BCUT2D eigenvalue weighted by Crippen LogP contribution is -2.16. The maximum atomic E-state index is 13.1. The van der Waals surface area contributed by atoms with Crippen molar-refractivity contribution in [3.05, 3.63) is 82.1 Å². The number of aromatic amines is 1. The second-order valence-corrected chi connectivity index (χ2v) is 7.24. The molecule has 0 atom stereocenters. The van der Waals surface area contributed by atoms with Crippen molar-refractivity contribution < 1.29 is 22.8 Å². The maximum absolute atomic E-state index is 13.1. The molecule has 3 rings (SSSR count). The number of amides is 1. The Balaban J connectivity index is 1.81.